The Hall–Kier alpha value is -2.97. The van der Waals surface area contributed by atoms with E-state index in [4.69, 9.17) is 11.6 Å². The molecule has 28 heavy (non-hydrogen) atoms. The molecule has 1 fully saturated rings. The summed E-state index contributed by atoms with van der Waals surface area (Å²) in [4.78, 5) is 16.6. The average molecular weight is 395 g/mol. The van der Waals surface area contributed by atoms with Gasteiger partial charge in [-0.1, -0.05) is 48.0 Å². The molecule has 1 N–H and O–H groups in total. The third-order valence-electron chi connectivity index (χ3n) is 4.71. The first-order valence-corrected chi connectivity index (χ1v) is 9.72. The van der Waals surface area contributed by atoms with Crippen molar-refractivity contribution in [3.05, 3.63) is 77.0 Å². The summed E-state index contributed by atoms with van der Waals surface area (Å²) >= 11 is 6.07. The molecule has 0 bridgehead atoms. The Labute approximate surface area is 170 Å². The molecule has 3 rings (SSSR count). The van der Waals surface area contributed by atoms with Gasteiger partial charge in [0.05, 0.1) is 0 Å². The number of nitriles is 1. The predicted molar refractivity (Wildman–Crippen MR) is 112 cm³/mol. The van der Waals surface area contributed by atoms with E-state index in [9.17, 15) is 10.1 Å². The Balaban J connectivity index is 1.50. The minimum absolute atomic E-state index is 0.143. The fourth-order valence-electron chi connectivity index (χ4n) is 3.16. The highest BCUT2D eigenvalue weighted by Crippen LogP contribution is 2.21. The maximum absolute atomic E-state index is 12.3. The molecule has 5 nitrogen and oxygen atoms in total. The molecule has 1 amide bonds. The van der Waals surface area contributed by atoms with Crippen molar-refractivity contribution in [2.24, 2.45) is 0 Å². The first kappa shape index (κ1) is 19.8. The van der Waals surface area contributed by atoms with Gasteiger partial charge in [-0.25, -0.2) is 0 Å². The van der Waals surface area contributed by atoms with Gasteiger partial charge < -0.3 is 15.1 Å². The number of rotatable bonds is 6. The topological polar surface area (TPSA) is 59.4 Å². The van der Waals surface area contributed by atoms with Crippen LogP contribution in [-0.2, 0) is 11.2 Å². The molecule has 2 aromatic carbocycles. The number of anilines is 1. The first-order chi connectivity index (χ1) is 13.7. The number of nitrogens with zero attached hydrogens (tertiary/aromatic N) is 3. The molecule has 1 heterocycles. The maximum Gasteiger partial charge on any atom is 0.263 e. The van der Waals surface area contributed by atoms with Gasteiger partial charge in [0.25, 0.3) is 5.91 Å². The van der Waals surface area contributed by atoms with Crippen molar-refractivity contribution in [2.75, 3.05) is 37.6 Å². The van der Waals surface area contributed by atoms with Crippen molar-refractivity contribution in [1.29, 1.82) is 5.26 Å². The highest BCUT2D eigenvalue weighted by atomic mass is 35.5. The lowest BCUT2D eigenvalue weighted by Gasteiger charge is -2.35. The summed E-state index contributed by atoms with van der Waals surface area (Å²) in [6.45, 7) is 3.62. The summed E-state index contributed by atoms with van der Waals surface area (Å²) < 4.78 is 0. The highest BCUT2D eigenvalue weighted by Gasteiger charge is 2.17. The number of piperazine rings is 1. The van der Waals surface area contributed by atoms with E-state index in [0.29, 0.717) is 6.54 Å². The zero-order valence-corrected chi connectivity index (χ0v) is 16.4. The molecule has 6 heteroatoms. The monoisotopic (exact) mass is 394 g/mol. The molecular formula is C22H23ClN4O. The van der Waals surface area contributed by atoms with E-state index in [-0.39, 0.29) is 11.5 Å². The summed E-state index contributed by atoms with van der Waals surface area (Å²) in [6.07, 6.45) is 2.41. The predicted octanol–water partition coefficient (Wildman–Crippen LogP) is 3.23. The van der Waals surface area contributed by atoms with E-state index in [0.717, 1.165) is 48.9 Å². The number of benzene rings is 2. The quantitative estimate of drug-likeness (QED) is 0.603. The van der Waals surface area contributed by atoms with Gasteiger partial charge in [-0.3, -0.25) is 4.79 Å². The lowest BCUT2D eigenvalue weighted by atomic mass is 10.1. The molecule has 0 aliphatic carbocycles. The van der Waals surface area contributed by atoms with Crippen LogP contribution < -0.4 is 10.2 Å². The van der Waals surface area contributed by atoms with Crippen LogP contribution in [0.3, 0.4) is 0 Å². The van der Waals surface area contributed by atoms with Crippen LogP contribution in [0.25, 0.3) is 0 Å². The Morgan fingerprint density at radius 2 is 1.86 bits per heavy atom. The van der Waals surface area contributed by atoms with Crippen molar-refractivity contribution < 1.29 is 4.79 Å². The summed E-state index contributed by atoms with van der Waals surface area (Å²) in [6, 6.07) is 19.8. The normalized spacial score (nSPS) is 14.5. The SMILES string of the molecule is N#C/C(=C/N1CCN(c2cccc(Cl)c2)CC1)C(=O)NCCc1ccccc1. The van der Waals surface area contributed by atoms with Gasteiger partial charge in [-0.2, -0.15) is 5.26 Å². The summed E-state index contributed by atoms with van der Waals surface area (Å²) in [5, 5.41) is 12.9. The Bertz CT molecular complexity index is 868. The zero-order valence-electron chi connectivity index (χ0n) is 15.6. The van der Waals surface area contributed by atoms with Crippen LogP contribution in [0, 0.1) is 11.3 Å². The lowest BCUT2D eigenvalue weighted by Crippen LogP contribution is -2.44. The van der Waals surface area contributed by atoms with Gasteiger partial charge in [0.2, 0.25) is 0 Å². The molecule has 1 aliphatic rings. The molecular weight excluding hydrogens is 372 g/mol. The molecule has 1 saturated heterocycles. The minimum Gasteiger partial charge on any atom is -0.373 e. The summed E-state index contributed by atoms with van der Waals surface area (Å²) in [7, 11) is 0. The lowest BCUT2D eigenvalue weighted by molar-refractivity contribution is -0.117. The van der Waals surface area contributed by atoms with E-state index < -0.39 is 0 Å². The number of hydrogen-bond donors (Lipinski definition) is 1. The first-order valence-electron chi connectivity index (χ1n) is 9.34. The van der Waals surface area contributed by atoms with Crippen LogP contribution in [0.2, 0.25) is 5.02 Å². The van der Waals surface area contributed by atoms with Gasteiger partial charge in [-0.15, -0.1) is 0 Å². The van der Waals surface area contributed by atoms with E-state index in [1.165, 1.54) is 0 Å². The third-order valence-corrected chi connectivity index (χ3v) is 4.94. The fraction of sp³-hybridized carbons (Fsp3) is 0.273. The number of carbonyl (C=O) groups is 1. The third kappa shape index (κ3) is 5.51. The Kier molecular flexibility index (Phi) is 6.94. The van der Waals surface area contributed by atoms with Gasteiger partial charge in [-0.05, 0) is 30.2 Å². The molecule has 0 aromatic heterocycles. The number of amides is 1. The van der Waals surface area contributed by atoms with Gasteiger partial charge in [0, 0.05) is 49.6 Å². The maximum atomic E-state index is 12.3. The summed E-state index contributed by atoms with van der Waals surface area (Å²) in [5.74, 6) is -0.323. The highest BCUT2D eigenvalue weighted by molar-refractivity contribution is 6.30. The minimum atomic E-state index is -0.323. The van der Waals surface area contributed by atoms with Crippen LogP contribution in [0.4, 0.5) is 5.69 Å². The van der Waals surface area contributed by atoms with Gasteiger partial charge in [0.15, 0.2) is 0 Å². The van der Waals surface area contributed by atoms with E-state index in [1.807, 2.05) is 65.6 Å². The van der Waals surface area contributed by atoms with Crippen LogP contribution in [-0.4, -0.2) is 43.5 Å². The van der Waals surface area contributed by atoms with Gasteiger partial charge in [0.1, 0.15) is 11.6 Å². The van der Waals surface area contributed by atoms with Crippen LogP contribution in [0.1, 0.15) is 5.56 Å². The molecule has 0 unspecified atom stereocenters. The summed E-state index contributed by atoms with van der Waals surface area (Å²) in [5.41, 5.74) is 2.39. The second-order valence-electron chi connectivity index (χ2n) is 6.65. The molecule has 0 spiro atoms. The number of halogens is 1. The van der Waals surface area contributed by atoms with Crippen molar-refractivity contribution in [2.45, 2.75) is 6.42 Å². The largest absolute Gasteiger partial charge is 0.373 e. The van der Waals surface area contributed by atoms with E-state index in [1.54, 1.807) is 6.20 Å². The van der Waals surface area contributed by atoms with Crippen molar-refractivity contribution in [3.63, 3.8) is 0 Å². The van der Waals surface area contributed by atoms with Crippen molar-refractivity contribution >= 4 is 23.2 Å². The van der Waals surface area contributed by atoms with E-state index >= 15 is 0 Å². The molecule has 0 saturated carbocycles. The van der Waals surface area contributed by atoms with E-state index in [2.05, 4.69) is 10.2 Å². The molecule has 0 radical (unpaired) electrons. The smallest absolute Gasteiger partial charge is 0.263 e. The molecule has 144 valence electrons. The number of nitrogens with one attached hydrogen (secondary N) is 1. The Morgan fingerprint density at radius 1 is 1.11 bits per heavy atom. The molecule has 2 aromatic rings. The Morgan fingerprint density at radius 3 is 2.54 bits per heavy atom. The standard InChI is InChI=1S/C22H23ClN4O/c23-20-7-4-8-21(15-20)27-13-11-26(12-14-27)17-19(16-24)22(28)25-10-9-18-5-2-1-3-6-18/h1-8,15,17H,9-14H2,(H,25,28)/b19-17-. The fourth-order valence-corrected chi connectivity index (χ4v) is 3.35. The molecule has 0 atom stereocenters. The second-order valence-corrected chi connectivity index (χ2v) is 7.09. The van der Waals surface area contributed by atoms with Crippen molar-refractivity contribution in [1.82, 2.24) is 10.2 Å². The van der Waals surface area contributed by atoms with Crippen LogP contribution in [0.5, 0.6) is 0 Å². The number of hydrogen-bond acceptors (Lipinski definition) is 4. The van der Waals surface area contributed by atoms with Crippen LogP contribution >= 0.6 is 11.6 Å². The van der Waals surface area contributed by atoms with Crippen molar-refractivity contribution in [3.8, 4) is 6.07 Å². The van der Waals surface area contributed by atoms with Gasteiger partial charge >= 0.3 is 0 Å². The number of carbonyl (C=O) groups excluding carboxylic acids is 1. The van der Waals surface area contributed by atoms with Crippen LogP contribution in [0.15, 0.2) is 66.4 Å². The second kappa shape index (κ2) is 9.82. The average Bonchev–Trinajstić information content (AvgIpc) is 2.73. The zero-order chi connectivity index (χ0) is 19.8. The molecule has 1 aliphatic heterocycles.